The Kier molecular flexibility index (Phi) is 5.47. The number of nitrogens with zero attached hydrogens (tertiary/aromatic N) is 1. The molecule has 1 heterocycles. The summed E-state index contributed by atoms with van der Waals surface area (Å²) in [7, 11) is 0. The van der Waals surface area contributed by atoms with Crippen LogP contribution in [0.15, 0.2) is 18.2 Å². The van der Waals surface area contributed by atoms with Crippen LogP contribution in [0.1, 0.15) is 39.2 Å². The maximum Gasteiger partial charge on any atom is 0.410 e. The van der Waals surface area contributed by atoms with Gasteiger partial charge in [-0.25, -0.2) is 9.18 Å². The van der Waals surface area contributed by atoms with Gasteiger partial charge < -0.3 is 15.0 Å². The van der Waals surface area contributed by atoms with Crippen molar-refractivity contribution in [2.24, 2.45) is 5.92 Å². The Morgan fingerprint density at radius 2 is 2.04 bits per heavy atom. The number of amides is 2. The molecule has 0 aromatic heterocycles. The van der Waals surface area contributed by atoms with Crippen LogP contribution in [0.2, 0.25) is 0 Å². The van der Waals surface area contributed by atoms with Crippen LogP contribution in [0.3, 0.4) is 0 Å². The van der Waals surface area contributed by atoms with Gasteiger partial charge in [0.1, 0.15) is 11.4 Å². The molecule has 1 aromatic rings. The van der Waals surface area contributed by atoms with E-state index in [0.29, 0.717) is 30.8 Å². The number of hydrogen-bond acceptors (Lipinski definition) is 3. The molecule has 0 radical (unpaired) electrons. The molecule has 2 amide bonds. The zero-order valence-electron chi connectivity index (χ0n) is 14.7. The van der Waals surface area contributed by atoms with Crippen LogP contribution in [-0.2, 0) is 9.53 Å². The lowest BCUT2D eigenvalue weighted by atomic mass is 9.97. The van der Waals surface area contributed by atoms with Gasteiger partial charge in [-0.05, 0) is 64.3 Å². The molecule has 1 N–H and O–H groups in total. The topological polar surface area (TPSA) is 58.6 Å². The zero-order chi connectivity index (χ0) is 17.9. The smallest absolute Gasteiger partial charge is 0.410 e. The average molecular weight is 336 g/mol. The van der Waals surface area contributed by atoms with E-state index in [0.717, 1.165) is 6.42 Å². The van der Waals surface area contributed by atoms with Gasteiger partial charge in [0.25, 0.3) is 0 Å². The number of carbonyl (C=O) groups is 2. The van der Waals surface area contributed by atoms with E-state index in [9.17, 15) is 14.0 Å². The van der Waals surface area contributed by atoms with Crippen molar-refractivity contribution in [3.63, 3.8) is 0 Å². The predicted octanol–water partition coefficient (Wildman–Crippen LogP) is 3.72. The highest BCUT2D eigenvalue weighted by atomic mass is 19.1. The molecule has 1 fully saturated rings. The number of likely N-dealkylation sites (tertiary alicyclic amines) is 1. The molecule has 1 aliphatic rings. The molecule has 24 heavy (non-hydrogen) atoms. The van der Waals surface area contributed by atoms with Crippen molar-refractivity contribution in [1.29, 1.82) is 0 Å². The summed E-state index contributed by atoms with van der Waals surface area (Å²) in [5, 5.41) is 2.80. The van der Waals surface area contributed by atoms with E-state index < -0.39 is 11.7 Å². The van der Waals surface area contributed by atoms with E-state index in [1.54, 1.807) is 17.9 Å². The van der Waals surface area contributed by atoms with Crippen molar-refractivity contribution in [2.45, 2.75) is 46.1 Å². The summed E-state index contributed by atoms with van der Waals surface area (Å²) < 4.78 is 18.7. The van der Waals surface area contributed by atoms with Crippen molar-refractivity contribution < 1.29 is 18.7 Å². The molecule has 5 nitrogen and oxygen atoms in total. The van der Waals surface area contributed by atoms with E-state index in [2.05, 4.69) is 5.32 Å². The highest BCUT2D eigenvalue weighted by molar-refractivity contribution is 5.93. The lowest BCUT2D eigenvalue weighted by molar-refractivity contribution is -0.121. The number of anilines is 1. The Balaban J connectivity index is 1.97. The van der Waals surface area contributed by atoms with Gasteiger partial charge in [-0.1, -0.05) is 0 Å². The molecule has 0 unspecified atom stereocenters. The summed E-state index contributed by atoms with van der Waals surface area (Å²) in [6, 6.07) is 4.47. The van der Waals surface area contributed by atoms with Crippen molar-refractivity contribution in [3.05, 3.63) is 29.6 Å². The number of ether oxygens (including phenoxy) is 1. The number of carbonyl (C=O) groups excluding carboxylic acids is 2. The van der Waals surface area contributed by atoms with Gasteiger partial charge in [0, 0.05) is 18.8 Å². The number of halogens is 1. The largest absolute Gasteiger partial charge is 0.444 e. The molecule has 0 spiro atoms. The van der Waals surface area contributed by atoms with E-state index in [-0.39, 0.29) is 17.6 Å². The average Bonchev–Trinajstić information content (AvgIpc) is 2.49. The second kappa shape index (κ2) is 7.20. The van der Waals surface area contributed by atoms with Crippen molar-refractivity contribution >= 4 is 17.7 Å². The third kappa shape index (κ3) is 4.94. The Morgan fingerprint density at radius 1 is 1.33 bits per heavy atom. The molecule has 0 saturated carbocycles. The fourth-order valence-corrected chi connectivity index (χ4v) is 2.65. The summed E-state index contributed by atoms with van der Waals surface area (Å²) in [6.07, 6.45) is 1.07. The lowest BCUT2D eigenvalue weighted by Crippen LogP contribution is -2.45. The summed E-state index contributed by atoms with van der Waals surface area (Å²) in [5.41, 5.74) is 0.484. The van der Waals surface area contributed by atoms with Crippen LogP contribution in [0.4, 0.5) is 14.9 Å². The van der Waals surface area contributed by atoms with Crippen LogP contribution in [0.25, 0.3) is 0 Å². The second-order valence-electron chi connectivity index (χ2n) is 7.22. The molecule has 1 saturated heterocycles. The van der Waals surface area contributed by atoms with E-state index in [1.165, 1.54) is 12.1 Å². The molecule has 0 aliphatic carbocycles. The van der Waals surface area contributed by atoms with Crippen molar-refractivity contribution in [3.8, 4) is 0 Å². The van der Waals surface area contributed by atoms with Crippen molar-refractivity contribution in [1.82, 2.24) is 4.90 Å². The van der Waals surface area contributed by atoms with Crippen LogP contribution < -0.4 is 5.32 Å². The molecular weight excluding hydrogens is 311 g/mol. The summed E-state index contributed by atoms with van der Waals surface area (Å²) in [6.45, 7) is 8.02. The van der Waals surface area contributed by atoms with Gasteiger partial charge in [0.2, 0.25) is 5.91 Å². The van der Waals surface area contributed by atoms with E-state index in [4.69, 9.17) is 4.74 Å². The first-order valence-electron chi connectivity index (χ1n) is 8.20. The highest BCUT2D eigenvalue weighted by Crippen LogP contribution is 2.21. The van der Waals surface area contributed by atoms with Gasteiger partial charge in [0.15, 0.2) is 0 Å². The van der Waals surface area contributed by atoms with E-state index in [1.807, 2.05) is 20.8 Å². The van der Waals surface area contributed by atoms with Crippen LogP contribution >= 0.6 is 0 Å². The maximum atomic E-state index is 13.3. The molecule has 0 bridgehead atoms. The van der Waals surface area contributed by atoms with Crippen LogP contribution in [0.5, 0.6) is 0 Å². The first kappa shape index (κ1) is 18.2. The zero-order valence-corrected chi connectivity index (χ0v) is 14.7. The minimum Gasteiger partial charge on any atom is -0.444 e. The molecule has 1 atom stereocenters. The maximum absolute atomic E-state index is 13.3. The van der Waals surface area contributed by atoms with Gasteiger partial charge in [-0.2, -0.15) is 0 Å². The Bertz CT molecular complexity index is 625. The van der Waals surface area contributed by atoms with Gasteiger partial charge >= 0.3 is 6.09 Å². The van der Waals surface area contributed by atoms with Crippen molar-refractivity contribution in [2.75, 3.05) is 18.4 Å². The molecular formula is C18H25FN2O3. The molecule has 132 valence electrons. The quantitative estimate of drug-likeness (QED) is 0.895. The van der Waals surface area contributed by atoms with Crippen LogP contribution in [0, 0.1) is 18.7 Å². The third-order valence-corrected chi connectivity index (χ3v) is 3.87. The number of benzene rings is 1. The fourth-order valence-electron chi connectivity index (χ4n) is 2.65. The Hall–Kier alpha value is -2.11. The van der Waals surface area contributed by atoms with Crippen LogP contribution in [-0.4, -0.2) is 35.6 Å². The lowest BCUT2D eigenvalue weighted by Gasteiger charge is -2.33. The Morgan fingerprint density at radius 3 is 2.67 bits per heavy atom. The molecule has 2 rings (SSSR count). The predicted molar refractivity (Wildman–Crippen MR) is 90.3 cm³/mol. The van der Waals surface area contributed by atoms with Gasteiger partial charge in [0.05, 0.1) is 5.92 Å². The number of rotatable bonds is 2. The SMILES string of the molecule is Cc1cc(NC(=O)[C@H]2CCCN(C(=O)OC(C)(C)C)C2)ccc1F. The molecule has 1 aliphatic heterocycles. The molecule has 1 aromatic carbocycles. The fraction of sp³-hybridized carbons (Fsp3) is 0.556. The summed E-state index contributed by atoms with van der Waals surface area (Å²) in [5.74, 6) is -0.757. The first-order valence-corrected chi connectivity index (χ1v) is 8.20. The second-order valence-corrected chi connectivity index (χ2v) is 7.22. The number of piperidine rings is 1. The van der Waals surface area contributed by atoms with Gasteiger partial charge in [-0.3, -0.25) is 4.79 Å². The highest BCUT2D eigenvalue weighted by Gasteiger charge is 2.31. The van der Waals surface area contributed by atoms with Gasteiger partial charge in [-0.15, -0.1) is 0 Å². The number of aryl methyl sites for hydroxylation is 1. The Labute approximate surface area is 142 Å². The standard InChI is InChI=1S/C18H25FN2O3/c1-12-10-14(7-8-15(12)19)20-16(22)13-6-5-9-21(11-13)17(23)24-18(2,3)4/h7-8,10,13H,5-6,9,11H2,1-4H3,(H,20,22)/t13-/m0/s1. The first-order chi connectivity index (χ1) is 11.2. The summed E-state index contributed by atoms with van der Waals surface area (Å²) in [4.78, 5) is 26.2. The normalized spacial score (nSPS) is 18.2. The third-order valence-electron chi connectivity index (χ3n) is 3.87. The minimum atomic E-state index is -0.558. The number of nitrogens with one attached hydrogen (secondary N) is 1. The minimum absolute atomic E-state index is 0.158. The summed E-state index contributed by atoms with van der Waals surface area (Å²) >= 11 is 0. The molecule has 6 heteroatoms. The van der Waals surface area contributed by atoms with E-state index >= 15 is 0 Å². The monoisotopic (exact) mass is 336 g/mol. The number of hydrogen-bond donors (Lipinski definition) is 1.